The molecule has 7 nitrogen and oxygen atoms in total. The van der Waals surface area contributed by atoms with Crippen molar-refractivity contribution in [3.05, 3.63) is 53.1 Å². The number of hydrogen-bond donors (Lipinski definition) is 1. The number of rotatable bonds is 5. The van der Waals surface area contributed by atoms with Crippen molar-refractivity contribution in [2.24, 2.45) is 28.6 Å². The van der Waals surface area contributed by atoms with Crippen LogP contribution in [0.2, 0.25) is 0 Å². The number of ether oxygens (including phenoxy) is 1. The van der Waals surface area contributed by atoms with Crippen molar-refractivity contribution in [3.63, 3.8) is 0 Å². The molecule has 7 atom stereocenters. The molecular weight excluding hydrogens is 529 g/mol. The second-order valence-corrected chi connectivity index (χ2v) is 13.3. The number of esters is 1. The number of Topliss-reactive ketones (excluding diaryl/α,β-unsaturated/α-hetero) is 1. The average molecular weight is 564 g/mol. The number of thiocyanates is 1. The van der Waals surface area contributed by atoms with Gasteiger partial charge in [0.1, 0.15) is 11.2 Å². The van der Waals surface area contributed by atoms with Gasteiger partial charge in [-0.2, -0.15) is 10.4 Å². The summed E-state index contributed by atoms with van der Waals surface area (Å²) in [6, 6.07) is 6.32. The lowest BCUT2D eigenvalue weighted by molar-refractivity contribution is -0.198. The Morgan fingerprint density at radius 3 is 2.73 bits per heavy atom. The Labute approximate surface area is 237 Å². The summed E-state index contributed by atoms with van der Waals surface area (Å²) in [6.07, 6.45) is 7.41. The van der Waals surface area contributed by atoms with Gasteiger partial charge in [0.2, 0.25) is 0 Å². The number of allylic oxidation sites excluding steroid dienone is 1. The smallest absolute Gasteiger partial charge is 0.303 e. The van der Waals surface area contributed by atoms with E-state index in [1.54, 1.807) is 12.1 Å². The van der Waals surface area contributed by atoms with Crippen molar-refractivity contribution in [1.82, 2.24) is 9.78 Å². The quantitative estimate of drug-likeness (QED) is 0.391. The van der Waals surface area contributed by atoms with Gasteiger partial charge in [0.15, 0.2) is 11.4 Å². The minimum absolute atomic E-state index is 0.00962. The van der Waals surface area contributed by atoms with Gasteiger partial charge in [-0.3, -0.25) is 9.59 Å². The van der Waals surface area contributed by atoms with Gasteiger partial charge < -0.3 is 9.84 Å². The van der Waals surface area contributed by atoms with Gasteiger partial charge >= 0.3 is 5.97 Å². The molecule has 40 heavy (non-hydrogen) atoms. The third-order valence-electron chi connectivity index (χ3n) is 10.7. The minimum atomic E-state index is -1.33. The van der Waals surface area contributed by atoms with E-state index in [1.807, 2.05) is 23.2 Å². The largest absolute Gasteiger partial charge is 0.451 e. The van der Waals surface area contributed by atoms with Gasteiger partial charge in [-0.15, -0.1) is 0 Å². The Balaban J connectivity index is 1.35. The van der Waals surface area contributed by atoms with Crippen LogP contribution in [0.1, 0.15) is 64.1 Å². The zero-order chi connectivity index (χ0) is 28.4. The molecule has 3 saturated carbocycles. The molecule has 0 spiro atoms. The van der Waals surface area contributed by atoms with Crippen LogP contribution in [0.3, 0.4) is 0 Å². The summed E-state index contributed by atoms with van der Waals surface area (Å²) < 4.78 is 21.3. The number of nitriles is 1. The van der Waals surface area contributed by atoms with Crippen LogP contribution in [0.4, 0.5) is 4.39 Å². The molecular formula is C31H34FN3O4S. The van der Waals surface area contributed by atoms with E-state index in [0.717, 1.165) is 54.4 Å². The SMILES string of the molecule is CC(=O)O[C@]1(C(=O)CSC#N)CC[C@H]2[C@@H]3CCC4=Cc5c(cnn5-c5ccc(F)cc5)C[C@]4(C)[C@H]3[C@@H](O)C[C@@]21C. The Bertz CT molecular complexity index is 1450. The molecule has 0 radical (unpaired) electrons. The van der Waals surface area contributed by atoms with Crippen LogP contribution in [-0.2, 0) is 20.7 Å². The first kappa shape index (κ1) is 27.2. The summed E-state index contributed by atoms with van der Waals surface area (Å²) in [7, 11) is 0. The molecule has 0 bridgehead atoms. The van der Waals surface area contributed by atoms with Crippen molar-refractivity contribution in [3.8, 4) is 11.1 Å². The molecule has 0 saturated heterocycles. The number of carbonyl (C=O) groups is 2. The topological polar surface area (TPSA) is 105 Å². The maximum Gasteiger partial charge on any atom is 0.303 e. The van der Waals surface area contributed by atoms with E-state index in [0.29, 0.717) is 12.8 Å². The number of carbonyl (C=O) groups excluding carboxylic acids is 2. The number of ketones is 1. The molecule has 2 aromatic rings. The molecule has 3 fully saturated rings. The fourth-order valence-electron chi connectivity index (χ4n) is 9.10. The molecule has 1 aromatic heterocycles. The molecule has 1 aromatic carbocycles. The van der Waals surface area contributed by atoms with E-state index in [-0.39, 0.29) is 40.5 Å². The molecule has 0 aliphatic heterocycles. The molecule has 4 aliphatic rings. The van der Waals surface area contributed by atoms with Crippen molar-refractivity contribution in [1.29, 1.82) is 5.26 Å². The Morgan fingerprint density at radius 1 is 1.27 bits per heavy atom. The predicted octanol–water partition coefficient (Wildman–Crippen LogP) is 5.25. The number of aliphatic hydroxyl groups excluding tert-OH is 1. The first-order chi connectivity index (χ1) is 19.0. The highest BCUT2D eigenvalue weighted by atomic mass is 32.2. The van der Waals surface area contributed by atoms with Crippen molar-refractivity contribution in [2.75, 3.05) is 5.75 Å². The molecule has 0 unspecified atom stereocenters. The second kappa shape index (κ2) is 9.56. The monoisotopic (exact) mass is 563 g/mol. The van der Waals surface area contributed by atoms with Gasteiger partial charge in [0.05, 0.1) is 29.4 Å². The molecule has 6 rings (SSSR count). The van der Waals surface area contributed by atoms with Crippen LogP contribution in [-0.4, -0.2) is 44.1 Å². The summed E-state index contributed by atoms with van der Waals surface area (Å²) in [6.45, 7) is 5.60. The standard InChI is InChI=1S/C31H34FN3O4S/c1-18(36)39-31(27(38)16-40-17-33)11-10-24-23-9-4-20-12-25-19(15-34-35(25)22-7-5-21(32)6-8-22)13-29(20,2)28(23)26(37)14-30(24,31)3/h5-8,12,15,23-24,26,28,37H,4,9-11,13-14,16H2,1-3H3/t23-,24-,26-,28+,29-,30-,31-/m0/s1. The zero-order valence-corrected chi connectivity index (χ0v) is 23.8. The van der Waals surface area contributed by atoms with Crippen LogP contribution in [0.5, 0.6) is 0 Å². The van der Waals surface area contributed by atoms with Crippen molar-refractivity contribution in [2.45, 2.75) is 71.0 Å². The van der Waals surface area contributed by atoms with Gasteiger partial charge in [0.25, 0.3) is 0 Å². The second-order valence-electron chi connectivity index (χ2n) is 12.5. The van der Waals surface area contributed by atoms with Gasteiger partial charge in [-0.1, -0.05) is 19.4 Å². The molecule has 1 heterocycles. The lowest BCUT2D eigenvalue weighted by Crippen LogP contribution is -2.63. The number of aromatic nitrogens is 2. The number of nitrogens with zero attached hydrogens (tertiary/aromatic N) is 3. The number of benzene rings is 1. The van der Waals surface area contributed by atoms with E-state index >= 15 is 0 Å². The molecule has 1 N–H and O–H groups in total. The molecule has 4 aliphatic carbocycles. The van der Waals surface area contributed by atoms with Crippen LogP contribution in [0.15, 0.2) is 36.0 Å². The molecule has 210 valence electrons. The Morgan fingerprint density at radius 2 is 2.02 bits per heavy atom. The highest BCUT2D eigenvalue weighted by Gasteiger charge is 2.70. The number of hydrogen-bond acceptors (Lipinski definition) is 7. The number of fused-ring (bicyclic) bond motifs is 6. The summed E-state index contributed by atoms with van der Waals surface area (Å²) in [5.41, 5.74) is 1.88. The summed E-state index contributed by atoms with van der Waals surface area (Å²) in [5.74, 6) is -0.805. The van der Waals surface area contributed by atoms with Crippen LogP contribution >= 0.6 is 11.8 Å². The average Bonchev–Trinajstić information content (AvgIpc) is 3.43. The lowest BCUT2D eigenvalue weighted by atomic mass is 9.45. The fourth-order valence-corrected chi connectivity index (χ4v) is 9.53. The maximum absolute atomic E-state index is 13.6. The van der Waals surface area contributed by atoms with Crippen molar-refractivity contribution < 1.29 is 23.8 Å². The van der Waals surface area contributed by atoms with E-state index in [2.05, 4.69) is 18.1 Å². The highest BCUT2D eigenvalue weighted by Crippen LogP contribution is 2.68. The highest BCUT2D eigenvalue weighted by molar-refractivity contribution is 8.04. The summed E-state index contributed by atoms with van der Waals surface area (Å²) in [4.78, 5) is 25.9. The lowest BCUT2D eigenvalue weighted by Gasteiger charge is -2.60. The molecule has 0 amide bonds. The predicted molar refractivity (Wildman–Crippen MR) is 149 cm³/mol. The van der Waals surface area contributed by atoms with Gasteiger partial charge in [-0.05, 0) is 109 Å². The normalized spacial score (nSPS) is 35.9. The maximum atomic E-state index is 13.6. The molecule has 9 heteroatoms. The van der Waals surface area contributed by atoms with Crippen LogP contribution in [0, 0.1) is 45.1 Å². The van der Waals surface area contributed by atoms with E-state index < -0.39 is 23.1 Å². The van der Waals surface area contributed by atoms with Crippen molar-refractivity contribution >= 4 is 29.6 Å². The third-order valence-corrected chi connectivity index (χ3v) is 11.2. The summed E-state index contributed by atoms with van der Waals surface area (Å²) in [5, 5.41) is 27.6. The Hall–Kier alpha value is -2.96. The fraction of sp³-hybridized carbons (Fsp3) is 0.548. The number of halogens is 1. The van der Waals surface area contributed by atoms with Crippen LogP contribution in [0.25, 0.3) is 11.8 Å². The van der Waals surface area contributed by atoms with E-state index in [1.165, 1.54) is 24.6 Å². The summed E-state index contributed by atoms with van der Waals surface area (Å²) >= 11 is 0.867. The zero-order valence-electron chi connectivity index (χ0n) is 23.0. The van der Waals surface area contributed by atoms with E-state index in [4.69, 9.17) is 10.00 Å². The first-order valence-electron chi connectivity index (χ1n) is 14.0. The Kier molecular flexibility index (Phi) is 6.50. The van der Waals surface area contributed by atoms with Gasteiger partial charge in [0, 0.05) is 12.3 Å². The van der Waals surface area contributed by atoms with Gasteiger partial charge in [-0.25, -0.2) is 9.07 Å². The van der Waals surface area contributed by atoms with E-state index in [9.17, 15) is 19.1 Å². The van der Waals surface area contributed by atoms with Crippen LogP contribution < -0.4 is 0 Å². The first-order valence-corrected chi connectivity index (χ1v) is 15.0. The third kappa shape index (κ3) is 3.82. The number of aliphatic hydroxyl groups is 1. The minimum Gasteiger partial charge on any atom is -0.451 e. The number of thioether (sulfide) groups is 1.